The van der Waals surface area contributed by atoms with Gasteiger partial charge in [-0.05, 0) is 24.1 Å². The van der Waals surface area contributed by atoms with Crippen molar-refractivity contribution in [3.05, 3.63) is 29.6 Å². The third-order valence-electron chi connectivity index (χ3n) is 2.52. The van der Waals surface area contributed by atoms with Gasteiger partial charge in [-0.25, -0.2) is 4.39 Å². The normalized spacial score (nSPS) is 14.0. The smallest absolute Gasteiger partial charge is 0.191 e. The second-order valence-electron chi connectivity index (χ2n) is 3.86. The standard InChI is InChI=1S/C12H16FN3O.HI/c1-17-11-6-9(5-10(13)7-11)8-16-12-14-3-2-4-15-12;/h5-7H,2-4,8H2,1H3,(H2,14,15,16);1H. The lowest BCUT2D eigenvalue weighted by Gasteiger charge is -2.16. The highest BCUT2D eigenvalue weighted by atomic mass is 127. The lowest BCUT2D eigenvalue weighted by atomic mass is 10.2. The van der Waals surface area contributed by atoms with Crippen molar-refractivity contribution in [2.45, 2.75) is 13.0 Å². The van der Waals surface area contributed by atoms with Gasteiger partial charge in [0.1, 0.15) is 11.6 Å². The quantitative estimate of drug-likeness (QED) is 0.805. The summed E-state index contributed by atoms with van der Waals surface area (Å²) in [5.74, 6) is 1.01. The van der Waals surface area contributed by atoms with E-state index in [1.54, 1.807) is 6.07 Å². The zero-order valence-corrected chi connectivity index (χ0v) is 12.5. The predicted molar refractivity (Wildman–Crippen MR) is 80.1 cm³/mol. The van der Waals surface area contributed by atoms with E-state index in [-0.39, 0.29) is 29.8 Å². The zero-order chi connectivity index (χ0) is 12.1. The minimum absolute atomic E-state index is 0. The number of aliphatic imine (C=N–C) groups is 1. The van der Waals surface area contributed by atoms with E-state index in [2.05, 4.69) is 15.6 Å². The lowest BCUT2D eigenvalue weighted by Crippen LogP contribution is -2.40. The van der Waals surface area contributed by atoms with Crippen LogP contribution in [-0.2, 0) is 6.54 Å². The summed E-state index contributed by atoms with van der Waals surface area (Å²) < 4.78 is 18.2. The van der Waals surface area contributed by atoms with Crippen LogP contribution in [0.4, 0.5) is 4.39 Å². The highest BCUT2D eigenvalue weighted by Gasteiger charge is 2.05. The molecule has 4 nitrogen and oxygen atoms in total. The number of hydrogen-bond donors (Lipinski definition) is 2. The third kappa shape index (κ3) is 4.32. The molecule has 1 aromatic rings. The fraction of sp³-hybridized carbons (Fsp3) is 0.417. The SMILES string of the molecule is COc1cc(F)cc(CNC2=NCCCN2)c1.I. The molecule has 1 aromatic carbocycles. The number of guanidine groups is 1. The summed E-state index contributed by atoms with van der Waals surface area (Å²) in [7, 11) is 1.53. The van der Waals surface area contributed by atoms with E-state index < -0.39 is 0 Å². The van der Waals surface area contributed by atoms with Crippen LogP contribution in [0.2, 0.25) is 0 Å². The number of halogens is 2. The van der Waals surface area contributed by atoms with Crippen LogP contribution >= 0.6 is 24.0 Å². The first-order chi connectivity index (χ1) is 8.28. The summed E-state index contributed by atoms with van der Waals surface area (Å²) in [5, 5.41) is 6.28. The maximum absolute atomic E-state index is 13.2. The largest absolute Gasteiger partial charge is 0.497 e. The molecule has 0 spiro atoms. The molecule has 0 aliphatic carbocycles. The molecule has 0 aromatic heterocycles. The molecule has 100 valence electrons. The number of hydrogen-bond acceptors (Lipinski definition) is 4. The second kappa shape index (κ2) is 7.40. The van der Waals surface area contributed by atoms with Crippen LogP contribution in [0.3, 0.4) is 0 Å². The molecule has 0 bridgehead atoms. The van der Waals surface area contributed by atoms with Crippen LogP contribution in [0, 0.1) is 5.82 Å². The van der Waals surface area contributed by atoms with Crippen molar-refractivity contribution in [1.82, 2.24) is 10.6 Å². The van der Waals surface area contributed by atoms with Gasteiger partial charge in [-0.1, -0.05) is 0 Å². The van der Waals surface area contributed by atoms with Crippen molar-refractivity contribution < 1.29 is 9.13 Å². The number of ether oxygens (including phenoxy) is 1. The fourth-order valence-corrected chi connectivity index (χ4v) is 1.68. The first-order valence-electron chi connectivity index (χ1n) is 5.63. The molecule has 1 aliphatic heterocycles. The van der Waals surface area contributed by atoms with E-state index in [9.17, 15) is 4.39 Å². The Morgan fingerprint density at radius 1 is 1.44 bits per heavy atom. The van der Waals surface area contributed by atoms with Gasteiger partial charge in [0.2, 0.25) is 0 Å². The monoisotopic (exact) mass is 365 g/mol. The van der Waals surface area contributed by atoms with Gasteiger partial charge in [-0.15, -0.1) is 24.0 Å². The zero-order valence-electron chi connectivity index (χ0n) is 10.2. The molecule has 1 heterocycles. The fourth-order valence-electron chi connectivity index (χ4n) is 1.68. The van der Waals surface area contributed by atoms with Crippen LogP contribution in [-0.4, -0.2) is 26.2 Å². The van der Waals surface area contributed by atoms with Crippen molar-refractivity contribution in [3.63, 3.8) is 0 Å². The van der Waals surface area contributed by atoms with E-state index in [4.69, 9.17) is 4.74 Å². The van der Waals surface area contributed by atoms with Crippen LogP contribution in [0.5, 0.6) is 5.75 Å². The van der Waals surface area contributed by atoms with Crippen molar-refractivity contribution in [1.29, 1.82) is 0 Å². The Bertz CT molecular complexity index is 426. The van der Waals surface area contributed by atoms with Gasteiger partial charge < -0.3 is 15.4 Å². The Balaban J connectivity index is 0.00000162. The van der Waals surface area contributed by atoms with Crippen molar-refractivity contribution in [3.8, 4) is 5.75 Å². The number of nitrogens with zero attached hydrogens (tertiary/aromatic N) is 1. The number of benzene rings is 1. The second-order valence-corrected chi connectivity index (χ2v) is 3.86. The number of methoxy groups -OCH3 is 1. The lowest BCUT2D eigenvalue weighted by molar-refractivity contribution is 0.410. The summed E-state index contributed by atoms with van der Waals surface area (Å²) in [6, 6.07) is 4.65. The molecule has 0 saturated heterocycles. The summed E-state index contributed by atoms with van der Waals surface area (Å²) in [6.45, 7) is 2.29. The van der Waals surface area contributed by atoms with E-state index in [1.165, 1.54) is 19.2 Å². The summed E-state index contributed by atoms with van der Waals surface area (Å²) in [6.07, 6.45) is 1.05. The molecule has 0 saturated carbocycles. The minimum Gasteiger partial charge on any atom is -0.497 e. The number of rotatable bonds is 3. The van der Waals surface area contributed by atoms with E-state index in [0.717, 1.165) is 31.0 Å². The average molecular weight is 365 g/mol. The molecule has 6 heteroatoms. The Hall–Kier alpha value is -1.05. The molecule has 0 unspecified atom stereocenters. The predicted octanol–water partition coefficient (Wildman–Crippen LogP) is 1.89. The first-order valence-corrected chi connectivity index (χ1v) is 5.63. The third-order valence-corrected chi connectivity index (χ3v) is 2.52. The Kier molecular flexibility index (Phi) is 6.17. The Labute approximate surface area is 123 Å². The molecule has 0 atom stereocenters. The minimum atomic E-state index is -0.292. The van der Waals surface area contributed by atoms with E-state index in [1.807, 2.05) is 0 Å². The highest BCUT2D eigenvalue weighted by molar-refractivity contribution is 14.0. The van der Waals surface area contributed by atoms with Crippen LogP contribution < -0.4 is 15.4 Å². The van der Waals surface area contributed by atoms with Crippen LogP contribution in [0.25, 0.3) is 0 Å². The molecule has 0 fully saturated rings. The maximum atomic E-state index is 13.2. The van der Waals surface area contributed by atoms with Gasteiger partial charge in [0.15, 0.2) is 5.96 Å². The van der Waals surface area contributed by atoms with Crippen LogP contribution in [0.1, 0.15) is 12.0 Å². The van der Waals surface area contributed by atoms with Crippen molar-refractivity contribution in [2.24, 2.45) is 4.99 Å². The molecular formula is C12H17FIN3O. The van der Waals surface area contributed by atoms with Gasteiger partial charge in [0.05, 0.1) is 7.11 Å². The van der Waals surface area contributed by atoms with Gasteiger partial charge in [0.25, 0.3) is 0 Å². The summed E-state index contributed by atoms with van der Waals surface area (Å²) in [5.41, 5.74) is 0.830. The molecule has 0 radical (unpaired) electrons. The topological polar surface area (TPSA) is 45.6 Å². The molecular weight excluding hydrogens is 348 g/mol. The molecule has 2 rings (SSSR count). The molecule has 1 aliphatic rings. The Morgan fingerprint density at radius 3 is 2.94 bits per heavy atom. The Morgan fingerprint density at radius 2 is 2.28 bits per heavy atom. The van der Waals surface area contributed by atoms with Gasteiger partial charge in [-0.2, -0.15) is 0 Å². The van der Waals surface area contributed by atoms with E-state index in [0.29, 0.717) is 12.3 Å². The molecule has 0 amide bonds. The first kappa shape index (κ1) is 15.0. The van der Waals surface area contributed by atoms with E-state index >= 15 is 0 Å². The highest BCUT2D eigenvalue weighted by Crippen LogP contribution is 2.15. The van der Waals surface area contributed by atoms with Crippen molar-refractivity contribution in [2.75, 3.05) is 20.2 Å². The van der Waals surface area contributed by atoms with Gasteiger partial charge in [-0.3, -0.25) is 4.99 Å². The van der Waals surface area contributed by atoms with Crippen molar-refractivity contribution >= 4 is 29.9 Å². The maximum Gasteiger partial charge on any atom is 0.191 e. The molecule has 18 heavy (non-hydrogen) atoms. The van der Waals surface area contributed by atoms with Gasteiger partial charge in [0, 0.05) is 25.7 Å². The molecule has 2 N–H and O–H groups in total. The van der Waals surface area contributed by atoms with Crippen LogP contribution in [0.15, 0.2) is 23.2 Å². The summed E-state index contributed by atoms with van der Waals surface area (Å²) >= 11 is 0. The number of nitrogens with one attached hydrogen (secondary N) is 2. The summed E-state index contributed by atoms with van der Waals surface area (Å²) in [4.78, 5) is 4.28. The van der Waals surface area contributed by atoms with Gasteiger partial charge >= 0.3 is 0 Å². The average Bonchev–Trinajstić information content (AvgIpc) is 2.37.